The molecule has 1 rings (SSSR count). The van der Waals surface area contributed by atoms with Crippen LogP contribution in [-0.4, -0.2) is 36.7 Å². The van der Waals surface area contributed by atoms with Crippen LogP contribution in [0.4, 0.5) is 4.79 Å². The average molecular weight is 447 g/mol. The van der Waals surface area contributed by atoms with Crippen LogP contribution in [0.2, 0.25) is 0 Å². The molecule has 0 saturated heterocycles. The lowest BCUT2D eigenvalue weighted by molar-refractivity contribution is -0.139. The molecule has 0 bridgehead atoms. The van der Waals surface area contributed by atoms with E-state index in [0.717, 1.165) is 5.56 Å². The van der Waals surface area contributed by atoms with Crippen molar-refractivity contribution in [3.63, 3.8) is 0 Å². The van der Waals surface area contributed by atoms with E-state index in [4.69, 9.17) is 4.74 Å². The Morgan fingerprint density at radius 2 is 1.66 bits per heavy atom. The summed E-state index contributed by atoms with van der Waals surface area (Å²) in [5.41, 5.74) is 0.269. The summed E-state index contributed by atoms with van der Waals surface area (Å²) in [5, 5.41) is 5.80. The molecule has 0 aliphatic rings. The van der Waals surface area contributed by atoms with Crippen molar-refractivity contribution in [2.45, 2.75) is 72.1 Å². The van der Waals surface area contributed by atoms with Crippen LogP contribution in [0.25, 0.3) is 0 Å². The Bertz CT molecular complexity index is 768. The zero-order valence-corrected chi connectivity index (χ0v) is 20.3. The van der Waals surface area contributed by atoms with Gasteiger partial charge in [-0.3, -0.25) is 9.59 Å². The van der Waals surface area contributed by atoms with Gasteiger partial charge in [-0.15, -0.1) is 0 Å². The predicted octanol–water partition coefficient (Wildman–Crippen LogP) is 4.54. The van der Waals surface area contributed by atoms with E-state index < -0.39 is 17.7 Å². The van der Waals surface area contributed by atoms with Crippen molar-refractivity contribution >= 4 is 18.0 Å². The van der Waals surface area contributed by atoms with Crippen molar-refractivity contribution in [2.24, 2.45) is 11.8 Å². The summed E-state index contributed by atoms with van der Waals surface area (Å²) in [7, 11) is 1.35. The molecule has 0 saturated carbocycles. The SMILES string of the molecule is COC(=O)C/C=C/[C@@H](C)[C@H](NC(=O)[C@@H](CC(C)C)NC(=O)OC(C)(C)C)c1ccccc1. The van der Waals surface area contributed by atoms with Crippen molar-refractivity contribution in [3.8, 4) is 0 Å². The maximum absolute atomic E-state index is 13.2. The molecule has 0 aromatic heterocycles. The third-order valence-corrected chi connectivity index (χ3v) is 4.65. The minimum atomic E-state index is -0.734. The topological polar surface area (TPSA) is 93.7 Å². The van der Waals surface area contributed by atoms with Gasteiger partial charge in [-0.2, -0.15) is 0 Å². The van der Waals surface area contributed by atoms with E-state index in [-0.39, 0.29) is 36.2 Å². The molecule has 0 spiro atoms. The van der Waals surface area contributed by atoms with Gasteiger partial charge in [0.2, 0.25) is 5.91 Å². The molecule has 0 fully saturated rings. The molecule has 0 aliphatic heterocycles. The van der Waals surface area contributed by atoms with Gasteiger partial charge in [-0.1, -0.05) is 63.3 Å². The molecule has 2 amide bonds. The second-order valence-electron chi connectivity index (χ2n) is 9.29. The Hall–Kier alpha value is -2.83. The van der Waals surface area contributed by atoms with Gasteiger partial charge in [-0.05, 0) is 44.6 Å². The van der Waals surface area contributed by atoms with Crippen LogP contribution < -0.4 is 10.6 Å². The highest BCUT2D eigenvalue weighted by molar-refractivity contribution is 5.86. The molecular formula is C25H38N2O5. The summed E-state index contributed by atoms with van der Waals surface area (Å²) in [6, 6.07) is 8.53. The Kier molecular flexibility index (Phi) is 11.0. The molecule has 178 valence electrons. The van der Waals surface area contributed by atoms with Crippen molar-refractivity contribution in [2.75, 3.05) is 7.11 Å². The number of esters is 1. The number of methoxy groups -OCH3 is 1. The van der Waals surface area contributed by atoms with Crippen LogP contribution >= 0.6 is 0 Å². The van der Waals surface area contributed by atoms with E-state index in [0.29, 0.717) is 6.42 Å². The van der Waals surface area contributed by atoms with Crippen LogP contribution in [0.5, 0.6) is 0 Å². The minimum absolute atomic E-state index is 0.104. The van der Waals surface area contributed by atoms with Crippen LogP contribution in [0.3, 0.4) is 0 Å². The molecule has 7 heteroatoms. The highest BCUT2D eigenvalue weighted by atomic mass is 16.6. The van der Waals surface area contributed by atoms with Gasteiger partial charge in [0.25, 0.3) is 0 Å². The number of benzene rings is 1. The summed E-state index contributed by atoms with van der Waals surface area (Å²) in [6.07, 6.45) is 3.63. The molecule has 0 unspecified atom stereocenters. The number of hydrogen-bond acceptors (Lipinski definition) is 5. The molecule has 0 heterocycles. The van der Waals surface area contributed by atoms with Crippen LogP contribution in [-0.2, 0) is 19.1 Å². The summed E-state index contributed by atoms with van der Waals surface area (Å²) >= 11 is 0. The Morgan fingerprint density at radius 1 is 1.03 bits per heavy atom. The summed E-state index contributed by atoms with van der Waals surface area (Å²) < 4.78 is 10.0. The van der Waals surface area contributed by atoms with E-state index in [1.54, 1.807) is 26.8 Å². The molecule has 3 atom stereocenters. The average Bonchev–Trinajstić information content (AvgIpc) is 2.69. The van der Waals surface area contributed by atoms with Gasteiger partial charge in [-0.25, -0.2) is 4.79 Å². The van der Waals surface area contributed by atoms with Crippen molar-refractivity contribution < 1.29 is 23.9 Å². The zero-order valence-electron chi connectivity index (χ0n) is 20.3. The fraction of sp³-hybridized carbons (Fsp3) is 0.560. The monoisotopic (exact) mass is 446 g/mol. The van der Waals surface area contributed by atoms with Crippen molar-refractivity contribution in [3.05, 3.63) is 48.0 Å². The summed E-state index contributed by atoms with van der Waals surface area (Å²) in [4.78, 5) is 36.9. The Morgan fingerprint density at radius 3 is 2.19 bits per heavy atom. The van der Waals surface area contributed by atoms with E-state index >= 15 is 0 Å². The third-order valence-electron chi connectivity index (χ3n) is 4.65. The van der Waals surface area contributed by atoms with Crippen molar-refractivity contribution in [1.82, 2.24) is 10.6 Å². The van der Waals surface area contributed by atoms with Crippen LogP contribution in [0, 0.1) is 11.8 Å². The molecule has 1 aromatic carbocycles. The predicted molar refractivity (Wildman–Crippen MR) is 125 cm³/mol. The summed E-state index contributed by atoms with van der Waals surface area (Å²) in [5.74, 6) is -0.528. The normalized spacial score (nSPS) is 14.5. The first-order valence-corrected chi connectivity index (χ1v) is 11.0. The van der Waals surface area contributed by atoms with E-state index in [1.807, 2.05) is 57.2 Å². The highest BCUT2D eigenvalue weighted by Gasteiger charge is 2.28. The third kappa shape index (κ3) is 10.5. The van der Waals surface area contributed by atoms with Gasteiger partial charge >= 0.3 is 12.1 Å². The first-order valence-electron chi connectivity index (χ1n) is 11.0. The van der Waals surface area contributed by atoms with Gasteiger partial charge in [0.1, 0.15) is 11.6 Å². The number of alkyl carbamates (subject to hydrolysis) is 1. The molecule has 32 heavy (non-hydrogen) atoms. The second kappa shape index (κ2) is 12.9. The smallest absolute Gasteiger partial charge is 0.408 e. The maximum atomic E-state index is 13.2. The molecule has 2 N–H and O–H groups in total. The van der Waals surface area contributed by atoms with E-state index in [2.05, 4.69) is 15.4 Å². The number of carbonyl (C=O) groups is 3. The largest absolute Gasteiger partial charge is 0.469 e. The lowest BCUT2D eigenvalue weighted by atomic mass is 9.93. The van der Waals surface area contributed by atoms with Crippen molar-refractivity contribution in [1.29, 1.82) is 0 Å². The maximum Gasteiger partial charge on any atom is 0.408 e. The van der Waals surface area contributed by atoms with Gasteiger partial charge in [0.05, 0.1) is 19.6 Å². The first kappa shape index (κ1) is 27.2. The number of amides is 2. The summed E-state index contributed by atoms with van der Waals surface area (Å²) in [6.45, 7) is 11.3. The second-order valence-corrected chi connectivity index (χ2v) is 9.29. The lowest BCUT2D eigenvalue weighted by Crippen LogP contribution is -2.50. The zero-order chi connectivity index (χ0) is 24.3. The number of hydrogen-bond donors (Lipinski definition) is 2. The number of nitrogens with one attached hydrogen (secondary N) is 2. The molecular weight excluding hydrogens is 408 g/mol. The van der Waals surface area contributed by atoms with E-state index in [9.17, 15) is 14.4 Å². The Labute approximate surface area is 191 Å². The number of ether oxygens (including phenoxy) is 2. The van der Waals surface area contributed by atoms with Gasteiger partial charge < -0.3 is 20.1 Å². The first-order chi connectivity index (χ1) is 14.9. The molecule has 7 nitrogen and oxygen atoms in total. The van der Waals surface area contributed by atoms with E-state index in [1.165, 1.54) is 7.11 Å². The van der Waals surface area contributed by atoms with Crippen LogP contribution in [0.15, 0.2) is 42.5 Å². The molecule has 0 radical (unpaired) electrons. The number of rotatable bonds is 10. The highest BCUT2D eigenvalue weighted by Crippen LogP contribution is 2.24. The fourth-order valence-electron chi connectivity index (χ4n) is 3.16. The number of carbonyl (C=O) groups excluding carboxylic acids is 3. The molecule has 0 aliphatic carbocycles. The molecule has 1 aromatic rings. The minimum Gasteiger partial charge on any atom is -0.469 e. The quantitative estimate of drug-likeness (QED) is 0.407. The standard InChI is InChI=1S/C25H38N2O5/c1-17(2)16-20(26-24(30)32-25(4,5)6)23(29)27-22(19-13-9-8-10-14-19)18(3)12-11-15-21(28)31-7/h8-14,17-18,20,22H,15-16H2,1-7H3,(H,26,30)(H,27,29)/b12-11+/t18-,20-,22+/m1/s1. The van der Waals surface area contributed by atoms with Crippen LogP contribution in [0.1, 0.15) is 66.0 Å². The Balaban J connectivity index is 3.04. The lowest BCUT2D eigenvalue weighted by Gasteiger charge is -2.28. The van der Waals surface area contributed by atoms with Gasteiger partial charge in [0.15, 0.2) is 0 Å². The van der Waals surface area contributed by atoms with Gasteiger partial charge in [0, 0.05) is 0 Å². The fourth-order valence-corrected chi connectivity index (χ4v) is 3.16.